The molecule has 6 nitrogen and oxygen atoms in total. The number of nitrogens with one attached hydrogen (secondary N) is 2. The number of hydrogen-bond donors (Lipinski definition) is 3. The quantitative estimate of drug-likeness (QED) is 0.408. The van der Waals surface area contributed by atoms with Gasteiger partial charge in [-0.3, -0.25) is 4.79 Å². The average Bonchev–Trinajstić information content (AvgIpc) is 3.11. The fourth-order valence-electron chi connectivity index (χ4n) is 4.18. The van der Waals surface area contributed by atoms with Crippen LogP contribution in [-0.2, 0) is 11.3 Å². The monoisotopic (exact) mass is 473 g/mol. The number of carboxylic acids is 1. The van der Waals surface area contributed by atoms with E-state index in [0.717, 1.165) is 28.1 Å². The molecule has 1 aliphatic heterocycles. The molecule has 3 N–H and O–H groups in total. The maximum Gasteiger partial charge on any atom is 0.326 e. The summed E-state index contributed by atoms with van der Waals surface area (Å²) in [5.41, 5.74) is 6.22. The number of carbonyl (C=O) groups excluding carboxylic acids is 1. The standard InChI is InChI=1S/C27H27N3O3S/c1-16(2)24(26(32)33)30-15-20-7-6-19(14-23(20)25(30)31)18-8-12-22(13-9-18)29-27(34)28-21-10-4-17(3)5-11-21/h4-14,16,24H,15H2,1-3H3,(H,32,33)(H2,28,29,34). The first kappa shape index (κ1) is 23.4. The number of fused-ring (bicyclic) bond motifs is 1. The van der Waals surface area contributed by atoms with Gasteiger partial charge in [-0.1, -0.05) is 55.8 Å². The van der Waals surface area contributed by atoms with Gasteiger partial charge in [0.25, 0.3) is 5.91 Å². The number of hydrogen-bond acceptors (Lipinski definition) is 3. The van der Waals surface area contributed by atoms with Crippen LogP contribution >= 0.6 is 12.2 Å². The lowest BCUT2D eigenvalue weighted by molar-refractivity contribution is -0.144. The number of carboxylic acid groups (broad SMARTS) is 1. The minimum Gasteiger partial charge on any atom is -0.480 e. The Balaban J connectivity index is 1.46. The molecule has 3 aromatic rings. The zero-order valence-electron chi connectivity index (χ0n) is 19.3. The zero-order chi connectivity index (χ0) is 24.4. The van der Waals surface area contributed by atoms with Gasteiger partial charge >= 0.3 is 5.97 Å². The Kier molecular flexibility index (Phi) is 6.65. The van der Waals surface area contributed by atoms with Crippen LogP contribution in [0.25, 0.3) is 11.1 Å². The van der Waals surface area contributed by atoms with Crippen LogP contribution in [0, 0.1) is 12.8 Å². The summed E-state index contributed by atoms with van der Waals surface area (Å²) in [7, 11) is 0. The van der Waals surface area contributed by atoms with Crippen LogP contribution in [0.1, 0.15) is 35.3 Å². The first-order valence-electron chi connectivity index (χ1n) is 11.1. The van der Waals surface area contributed by atoms with Crippen molar-refractivity contribution < 1.29 is 14.7 Å². The summed E-state index contributed by atoms with van der Waals surface area (Å²) in [6.45, 7) is 5.99. The number of amides is 1. The maximum absolute atomic E-state index is 13.0. The van der Waals surface area contributed by atoms with Gasteiger partial charge in [-0.15, -0.1) is 0 Å². The number of thiocarbonyl (C=S) groups is 1. The molecule has 0 saturated heterocycles. The van der Waals surface area contributed by atoms with Crippen LogP contribution in [0.3, 0.4) is 0 Å². The molecule has 1 atom stereocenters. The highest BCUT2D eigenvalue weighted by Gasteiger charge is 2.38. The molecular weight excluding hydrogens is 446 g/mol. The number of rotatable bonds is 6. The molecule has 1 amide bonds. The van der Waals surface area contributed by atoms with Crippen LogP contribution in [0.4, 0.5) is 11.4 Å². The molecule has 174 valence electrons. The summed E-state index contributed by atoms with van der Waals surface area (Å²) < 4.78 is 0. The third-order valence-electron chi connectivity index (χ3n) is 5.95. The van der Waals surface area contributed by atoms with E-state index in [-0.39, 0.29) is 11.8 Å². The molecule has 0 fully saturated rings. The van der Waals surface area contributed by atoms with Gasteiger partial charge in [-0.2, -0.15) is 0 Å². The van der Waals surface area contributed by atoms with Gasteiger partial charge in [0.2, 0.25) is 0 Å². The first-order valence-corrected chi connectivity index (χ1v) is 11.6. The summed E-state index contributed by atoms with van der Waals surface area (Å²) in [5.74, 6) is -1.39. The van der Waals surface area contributed by atoms with Gasteiger partial charge < -0.3 is 20.6 Å². The van der Waals surface area contributed by atoms with Crippen molar-refractivity contribution in [2.24, 2.45) is 5.92 Å². The van der Waals surface area contributed by atoms with Crippen molar-refractivity contribution >= 4 is 40.6 Å². The van der Waals surface area contributed by atoms with Gasteiger partial charge in [-0.05, 0) is 72.1 Å². The van der Waals surface area contributed by atoms with Gasteiger partial charge in [0.15, 0.2) is 5.11 Å². The first-order chi connectivity index (χ1) is 16.2. The number of aryl methyl sites for hydroxylation is 1. The van der Waals surface area contributed by atoms with Gasteiger partial charge in [0.05, 0.1) is 0 Å². The lowest BCUT2D eigenvalue weighted by Gasteiger charge is -2.27. The highest BCUT2D eigenvalue weighted by atomic mass is 32.1. The van der Waals surface area contributed by atoms with Crippen molar-refractivity contribution in [3.8, 4) is 11.1 Å². The smallest absolute Gasteiger partial charge is 0.326 e. The molecule has 0 radical (unpaired) electrons. The van der Waals surface area contributed by atoms with E-state index >= 15 is 0 Å². The topological polar surface area (TPSA) is 81.7 Å². The van der Waals surface area contributed by atoms with Crippen LogP contribution in [-0.4, -0.2) is 33.0 Å². The molecule has 0 saturated carbocycles. The lowest BCUT2D eigenvalue weighted by atomic mass is 10.00. The van der Waals surface area contributed by atoms with E-state index in [1.165, 1.54) is 10.5 Å². The fourth-order valence-corrected chi connectivity index (χ4v) is 4.42. The highest BCUT2D eigenvalue weighted by molar-refractivity contribution is 7.80. The number of carbonyl (C=O) groups is 2. The molecular formula is C27H27N3O3S. The highest BCUT2D eigenvalue weighted by Crippen LogP contribution is 2.31. The predicted molar refractivity (Wildman–Crippen MR) is 139 cm³/mol. The van der Waals surface area contributed by atoms with E-state index in [9.17, 15) is 14.7 Å². The third-order valence-corrected chi connectivity index (χ3v) is 6.15. The summed E-state index contributed by atoms with van der Waals surface area (Å²) in [4.78, 5) is 26.2. The van der Waals surface area contributed by atoms with E-state index in [0.29, 0.717) is 17.2 Å². The van der Waals surface area contributed by atoms with Crippen LogP contribution in [0.5, 0.6) is 0 Å². The van der Waals surface area contributed by atoms with Crippen molar-refractivity contribution in [1.29, 1.82) is 0 Å². The normalized spacial score (nSPS) is 13.5. The predicted octanol–water partition coefficient (Wildman–Crippen LogP) is 5.54. The van der Waals surface area contributed by atoms with Crippen LogP contribution in [0.15, 0.2) is 66.7 Å². The Morgan fingerprint density at radius 2 is 1.50 bits per heavy atom. The third kappa shape index (κ3) is 4.94. The van der Waals surface area contributed by atoms with Crippen molar-refractivity contribution in [2.45, 2.75) is 33.4 Å². The van der Waals surface area contributed by atoms with E-state index in [1.54, 1.807) is 0 Å². The van der Waals surface area contributed by atoms with E-state index in [1.807, 2.05) is 87.5 Å². The summed E-state index contributed by atoms with van der Waals surface area (Å²) >= 11 is 5.41. The Bertz CT molecular complexity index is 1240. The largest absolute Gasteiger partial charge is 0.480 e. The Labute approximate surface area is 204 Å². The number of benzene rings is 3. The minimum atomic E-state index is -0.978. The van der Waals surface area contributed by atoms with E-state index in [2.05, 4.69) is 10.6 Å². The molecule has 3 aromatic carbocycles. The number of nitrogens with zero attached hydrogens (tertiary/aromatic N) is 1. The maximum atomic E-state index is 13.0. The Morgan fingerprint density at radius 3 is 2.06 bits per heavy atom. The molecule has 0 aliphatic carbocycles. The molecule has 1 heterocycles. The second-order valence-electron chi connectivity index (χ2n) is 8.85. The van der Waals surface area contributed by atoms with Gasteiger partial charge in [0, 0.05) is 23.5 Å². The summed E-state index contributed by atoms with van der Waals surface area (Å²) in [6.07, 6.45) is 0. The van der Waals surface area contributed by atoms with Gasteiger partial charge in [-0.25, -0.2) is 4.79 Å². The van der Waals surface area contributed by atoms with Crippen molar-refractivity contribution in [3.63, 3.8) is 0 Å². The molecule has 4 rings (SSSR count). The van der Waals surface area contributed by atoms with E-state index < -0.39 is 12.0 Å². The Morgan fingerprint density at radius 1 is 0.941 bits per heavy atom. The molecule has 1 unspecified atom stereocenters. The Hall–Kier alpha value is -3.71. The van der Waals surface area contributed by atoms with Crippen molar-refractivity contribution in [1.82, 2.24) is 4.90 Å². The van der Waals surface area contributed by atoms with Crippen molar-refractivity contribution in [3.05, 3.63) is 83.4 Å². The van der Waals surface area contributed by atoms with Crippen LogP contribution < -0.4 is 10.6 Å². The molecule has 0 bridgehead atoms. The van der Waals surface area contributed by atoms with Crippen LogP contribution in [0.2, 0.25) is 0 Å². The molecule has 7 heteroatoms. The van der Waals surface area contributed by atoms with Gasteiger partial charge in [0.1, 0.15) is 6.04 Å². The summed E-state index contributed by atoms with van der Waals surface area (Å²) in [6, 6.07) is 20.7. The molecule has 0 spiro atoms. The fraction of sp³-hybridized carbons (Fsp3) is 0.222. The molecule has 0 aromatic heterocycles. The van der Waals surface area contributed by atoms with E-state index in [4.69, 9.17) is 12.2 Å². The lowest BCUT2D eigenvalue weighted by Crippen LogP contribution is -2.44. The minimum absolute atomic E-state index is 0.179. The second-order valence-corrected chi connectivity index (χ2v) is 9.26. The number of aliphatic carboxylic acids is 1. The number of anilines is 2. The summed E-state index contributed by atoms with van der Waals surface area (Å²) in [5, 5.41) is 16.4. The molecule has 1 aliphatic rings. The van der Waals surface area contributed by atoms with Crippen molar-refractivity contribution in [2.75, 3.05) is 10.6 Å². The SMILES string of the molecule is Cc1ccc(NC(=S)Nc2ccc(-c3ccc4c(c3)C(=O)N(C(C(=O)O)C(C)C)C4)cc2)cc1. The second kappa shape index (κ2) is 9.65. The zero-order valence-corrected chi connectivity index (χ0v) is 20.1. The average molecular weight is 474 g/mol. The molecule has 34 heavy (non-hydrogen) atoms.